The van der Waals surface area contributed by atoms with Crippen molar-refractivity contribution in [2.45, 2.75) is 26.7 Å². The van der Waals surface area contributed by atoms with Crippen LogP contribution in [0.15, 0.2) is 34.7 Å². The molecule has 0 bridgehead atoms. The molecule has 4 heteroatoms. The average Bonchev–Trinajstić information content (AvgIpc) is 2.73. The molecule has 2 aromatic heterocycles. The van der Waals surface area contributed by atoms with Gasteiger partial charge in [-0.3, -0.25) is 0 Å². The van der Waals surface area contributed by atoms with Crippen molar-refractivity contribution in [3.63, 3.8) is 0 Å². The van der Waals surface area contributed by atoms with E-state index in [1.54, 1.807) is 0 Å². The molecule has 1 aromatic carbocycles. The number of rotatable bonds is 2. The summed E-state index contributed by atoms with van der Waals surface area (Å²) in [5.74, 6) is 1.74. The van der Waals surface area contributed by atoms with Crippen LogP contribution in [0.4, 0.5) is 0 Å². The number of benzene rings is 1. The zero-order valence-electron chi connectivity index (χ0n) is 11.6. The third-order valence-corrected chi connectivity index (χ3v) is 3.49. The van der Waals surface area contributed by atoms with Crippen molar-refractivity contribution in [2.24, 2.45) is 0 Å². The molecule has 0 saturated carbocycles. The van der Waals surface area contributed by atoms with E-state index in [2.05, 4.69) is 23.8 Å². The highest BCUT2D eigenvalue weighted by Crippen LogP contribution is 2.33. The highest BCUT2D eigenvalue weighted by Gasteiger charge is 2.17. The monoisotopic (exact) mass is 286 g/mol. The van der Waals surface area contributed by atoms with Gasteiger partial charge in [-0.05, 0) is 25.0 Å². The van der Waals surface area contributed by atoms with Crippen LogP contribution in [0.2, 0.25) is 5.15 Å². The van der Waals surface area contributed by atoms with Crippen LogP contribution in [-0.4, -0.2) is 9.97 Å². The standard InChI is InChI=1S/C16H15ClN2O/c1-9(2)12-8-14(17)19-16(18-12)15-10(3)20-13-7-5-4-6-11(13)15/h4-9H,1-3H3. The average molecular weight is 287 g/mol. The van der Waals surface area contributed by atoms with Crippen molar-refractivity contribution in [2.75, 3.05) is 0 Å². The van der Waals surface area contributed by atoms with Gasteiger partial charge in [0.2, 0.25) is 0 Å². The third kappa shape index (κ3) is 2.18. The van der Waals surface area contributed by atoms with E-state index >= 15 is 0 Å². The smallest absolute Gasteiger partial charge is 0.165 e. The summed E-state index contributed by atoms with van der Waals surface area (Å²) in [7, 11) is 0. The van der Waals surface area contributed by atoms with Gasteiger partial charge < -0.3 is 4.42 Å². The van der Waals surface area contributed by atoms with E-state index < -0.39 is 0 Å². The van der Waals surface area contributed by atoms with E-state index in [0.29, 0.717) is 16.9 Å². The molecule has 0 atom stereocenters. The largest absolute Gasteiger partial charge is 0.461 e. The Morgan fingerprint density at radius 1 is 1.15 bits per heavy atom. The molecule has 0 unspecified atom stereocenters. The van der Waals surface area contributed by atoms with Crippen LogP contribution < -0.4 is 0 Å². The Hall–Kier alpha value is -1.87. The van der Waals surface area contributed by atoms with Crippen LogP contribution in [-0.2, 0) is 0 Å². The van der Waals surface area contributed by atoms with Crippen LogP contribution >= 0.6 is 11.6 Å². The van der Waals surface area contributed by atoms with Gasteiger partial charge in [0.15, 0.2) is 5.82 Å². The predicted octanol–water partition coefficient (Wildman–Crippen LogP) is 4.98. The summed E-state index contributed by atoms with van der Waals surface area (Å²) >= 11 is 6.13. The second kappa shape index (κ2) is 4.91. The maximum absolute atomic E-state index is 6.13. The summed E-state index contributed by atoms with van der Waals surface area (Å²) in [6.07, 6.45) is 0. The fourth-order valence-corrected chi connectivity index (χ4v) is 2.48. The Balaban J connectivity index is 2.28. The quantitative estimate of drug-likeness (QED) is 0.624. The number of nitrogens with zero attached hydrogens (tertiary/aromatic N) is 2. The summed E-state index contributed by atoms with van der Waals surface area (Å²) in [5.41, 5.74) is 2.70. The summed E-state index contributed by atoms with van der Waals surface area (Å²) in [5, 5.41) is 1.48. The lowest BCUT2D eigenvalue weighted by atomic mass is 10.1. The van der Waals surface area contributed by atoms with Crippen LogP contribution in [0.1, 0.15) is 31.2 Å². The zero-order valence-corrected chi connectivity index (χ0v) is 12.4. The normalized spacial score (nSPS) is 11.4. The molecule has 0 aliphatic heterocycles. The fraction of sp³-hybridized carbons (Fsp3) is 0.250. The Kier molecular flexibility index (Phi) is 3.22. The molecule has 20 heavy (non-hydrogen) atoms. The lowest BCUT2D eigenvalue weighted by molar-refractivity contribution is 0.579. The SMILES string of the molecule is Cc1oc2ccccc2c1-c1nc(Cl)cc(C(C)C)n1. The summed E-state index contributed by atoms with van der Waals surface area (Å²) in [6.45, 7) is 6.10. The second-order valence-electron chi connectivity index (χ2n) is 5.12. The topological polar surface area (TPSA) is 38.9 Å². The molecule has 0 aliphatic carbocycles. The first kappa shape index (κ1) is 13.1. The highest BCUT2D eigenvalue weighted by atomic mass is 35.5. The third-order valence-electron chi connectivity index (χ3n) is 3.30. The van der Waals surface area contributed by atoms with Gasteiger partial charge in [0.25, 0.3) is 0 Å². The minimum absolute atomic E-state index is 0.299. The summed E-state index contributed by atoms with van der Waals surface area (Å²) < 4.78 is 5.77. The van der Waals surface area contributed by atoms with Crippen molar-refractivity contribution in [3.8, 4) is 11.4 Å². The maximum Gasteiger partial charge on any atom is 0.165 e. The van der Waals surface area contributed by atoms with E-state index in [1.807, 2.05) is 37.3 Å². The van der Waals surface area contributed by atoms with Crippen LogP contribution in [0.5, 0.6) is 0 Å². The first-order valence-corrected chi connectivity index (χ1v) is 6.97. The molecule has 0 amide bonds. The molecule has 102 valence electrons. The molecule has 2 heterocycles. The van der Waals surface area contributed by atoms with Crippen molar-refractivity contribution < 1.29 is 4.42 Å². The summed E-state index contributed by atoms with van der Waals surface area (Å²) in [6, 6.07) is 9.70. The predicted molar refractivity (Wildman–Crippen MR) is 81.1 cm³/mol. The van der Waals surface area contributed by atoms with Gasteiger partial charge in [-0.1, -0.05) is 43.6 Å². The number of furan rings is 1. The Labute approximate surface area is 122 Å². The first-order valence-electron chi connectivity index (χ1n) is 6.59. The van der Waals surface area contributed by atoms with Gasteiger partial charge in [0.05, 0.1) is 5.56 Å². The molecule has 3 aromatic rings. The Morgan fingerprint density at radius 3 is 2.65 bits per heavy atom. The van der Waals surface area contributed by atoms with Gasteiger partial charge in [0.1, 0.15) is 16.5 Å². The molecule has 3 rings (SSSR count). The summed E-state index contributed by atoms with van der Waals surface area (Å²) in [4.78, 5) is 8.99. The molecule has 0 fully saturated rings. The van der Waals surface area contributed by atoms with Crippen LogP contribution in [0.3, 0.4) is 0 Å². The van der Waals surface area contributed by atoms with Crippen molar-refractivity contribution in [1.29, 1.82) is 0 Å². The number of fused-ring (bicyclic) bond motifs is 1. The van der Waals surface area contributed by atoms with E-state index in [1.165, 1.54) is 0 Å². The number of hydrogen-bond acceptors (Lipinski definition) is 3. The number of aryl methyl sites for hydroxylation is 1. The lowest BCUT2D eigenvalue weighted by Crippen LogP contribution is -1.98. The maximum atomic E-state index is 6.13. The van der Waals surface area contributed by atoms with E-state index in [0.717, 1.165) is 28.0 Å². The molecule has 0 aliphatic rings. The second-order valence-corrected chi connectivity index (χ2v) is 5.51. The molecular weight excluding hydrogens is 272 g/mol. The minimum Gasteiger partial charge on any atom is -0.461 e. The number of halogens is 1. The zero-order chi connectivity index (χ0) is 14.3. The highest BCUT2D eigenvalue weighted by molar-refractivity contribution is 6.29. The molecule has 0 spiro atoms. The Bertz CT molecular complexity index is 777. The van der Waals surface area contributed by atoms with E-state index in [4.69, 9.17) is 16.0 Å². The van der Waals surface area contributed by atoms with Crippen molar-refractivity contribution in [1.82, 2.24) is 9.97 Å². The van der Waals surface area contributed by atoms with Crippen LogP contribution in [0, 0.1) is 6.92 Å². The number of para-hydroxylation sites is 1. The number of aromatic nitrogens is 2. The van der Waals surface area contributed by atoms with Crippen molar-refractivity contribution in [3.05, 3.63) is 46.9 Å². The molecule has 3 nitrogen and oxygen atoms in total. The van der Waals surface area contributed by atoms with Crippen molar-refractivity contribution >= 4 is 22.6 Å². The molecule has 0 radical (unpaired) electrons. The van der Waals surface area contributed by atoms with Gasteiger partial charge in [-0.2, -0.15) is 0 Å². The van der Waals surface area contributed by atoms with Gasteiger partial charge in [-0.25, -0.2) is 9.97 Å². The molecule has 0 N–H and O–H groups in total. The molecule has 0 saturated heterocycles. The Morgan fingerprint density at radius 2 is 1.90 bits per heavy atom. The van der Waals surface area contributed by atoms with E-state index in [9.17, 15) is 0 Å². The minimum atomic E-state index is 0.299. The fourth-order valence-electron chi connectivity index (χ4n) is 2.29. The van der Waals surface area contributed by atoms with Gasteiger partial charge >= 0.3 is 0 Å². The van der Waals surface area contributed by atoms with Gasteiger partial charge in [-0.15, -0.1) is 0 Å². The van der Waals surface area contributed by atoms with Crippen LogP contribution in [0.25, 0.3) is 22.4 Å². The van der Waals surface area contributed by atoms with Gasteiger partial charge in [0, 0.05) is 11.1 Å². The lowest BCUT2D eigenvalue weighted by Gasteiger charge is -2.07. The van der Waals surface area contributed by atoms with E-state index in [-0.39, 0.29) is 0 Å². The molecular formula is C16H15ClN2O. The number of hydrogen-bond donors (Lipinski definition) is 0. The first-order chi connectivity index (χ1) is 9.56.